The first-order valence-electron chi connectivity index (χ1n) is 21.2. The first kappa shape index (κ1) is 45.8. The molecule has 7 amide bonds. The van der Waals surface area contributed by atoms with Crippen LogP contribution in [0, 0.1) is 5.92 Å². The normalized spacial score (nSPS) is 25.6. The van der Waals surface area contributed by atoms with Gasteiger partial charge in [0.05, 0.1) is 6.61 Å². The molecule has 0 aromatic heterocycles. The van der Waals surface area contributed by atoms with E-state index in [4.69, 9.17) is 0 Å². The number of aliphatic hydroxyl groups excluding tert-OH is 1. The summed E-state index contributed by atoms with van der Waals surface area (Å²) in [5, 5.41) is 53.9. The first-order chi connectivity index (χ1) is 30.1. The van der Waals surface area contributed by atoms with E-state index in [1.165, 1.54) is 58.3 Å². The molecule has 6 rings (SSSR count). The number of rotatable bonds is 8. The molecule has 0 bridgehead atoms. The number of amides is 7. The highest BCUT2D eigenvalue weighted by Crippen LogP contribution is 2.24. The maximum atomic E-state index is 14.5. The highest BCUT2D eigenvalue weighted by molar-refractivity contribution is 5.99. The number of aliphatic hydroxyl groups is 1. The molecule has 336 valence electrons. The molecule has 3 aromatic rings. The summed E-state index contributed by atoms with van der Waals surface area (Å²) in [6, 6.07) is 8.84. The number of hydrogen-bond donors (Lipinski definition) is 9. The van der Waals surface area contributed by atoms with Crippen molar-refractivity contribution in [3.63, 3.8) is 0 Å². The van der Waals surface area contributed by atoms with Gasteiger partial charge >= 0.3 is 0 Å². The fourth-order valence-corrected chi connectivity index (χ4v) is 8.25. The number of phenols is 3. The molecule has 0 spiro atoms. The topological polar surface area (TPSA) is 267 Å². The van der Waals surface area contributed by atoms with E-state index in [0.29, 0.717) is 29.5 Å². The van der Waals surface area contributed by atoms with Gasteiger partial charge in [-0.15, -0.1) is 0 Å². The lowest BCUT2D eigenvalue weighted by atomic mass is 10.00. The predicted octanol–water partition coefficient (Wildman–Crippen LogP) is -0.101. The number of hydrogen-bond acceptors (Lipinski definition) is 11. The maximum Gasteiger partial charge on any atom is 0.248 e. The summed E-state index contributed by atoms with van der Waals surface area (Å²) in [6.07, 6.45) is 0.954. The molecule has 7 atom stereocenters. The molecule has 9 N–H and O–H groups in total. The Bertz CT molecular complexity index is 2150. The Morgan fingerprint density at radius 2 is 0.825 bits per heavy atom. The van der Waals surface area contributed by atoms with Crippen molar-refractivity contribution in [3.8, 4) is 17.2 Å². The lowest BCUT2D eigenvalue weighted by molar-refractivity contribution is -0.145. The molecule has 3 heterocycles. The lowest BCUT2D eigenvalue weighted by Gasteiger charge is -2.33. The summed E-state index contributed by atoms with van der Waals surface area (Å²) in [5.74, 6) is -5.65. The van der Waals surface area contributed by atoms with E-state index in [9.17, 15) is 54.0 Å². The van der Waals surface area contributed by atoms with E-state index in [1.54, 1.807) is 38.1 Å². The SMILES string of the molecule is CC(C)[C@@H]1NC(=O)[C@@H]2CCCN2C(=O)[C@H](CO)NC(=O)[C@H](Cc2ccc(O)cc2)NC(=O)[C@H](Cc2ccc(O)cc2)NC(=O)[C@H](Cc2ccc(O)cc2)NC(=O)[C@@H]2CCCN2C1=O. The van der Waals surface area contributed by atoms with E-state index in [1.807, 2.05) is 0 Å². The molecule has 0 aliphatic carbocycles. The number of carbonyl (C=O) groups is 7. The van der Waals surface area contributed by atoms with Crippen molar-refractivity contribution in [2.24, 2.45) is 5.92 Å². The average molecular weight is 870 g/mol. The van der Waals surface area contributed by atoms with Gasteiger partial charge in [0.2, 0.25) is 41.4 Å². The number of nitrogens with one attached hydrogen (secondary N) is 5. The minimum Gasteiger partial charge on any atom is -0.508 e. The number of phenolic OH excluding ortho intramolecular Hbond substituents is 3. The van der Waals surface area contributed by atoms with Gasteiger partial charge in [-0.1, -0.05) is 50.2 Å². The number of fused-ring (bicyclic) bond motifs is 2. The van der Waals surface area contributed by atoms with Crippen LogP contribution in [0.4, 0.5) is 0 Å². The molecule has 18 nitrogen and oxygen atoms in total. The van der Waals surface area contributed by atoms with Crippen molar-refractivity contribution >= 4 is 41.4 Å². The van der Waals surface area contributed by atoms with Crippen molar-refractivity contribution in [2.45, 2.75) is 101 Å². The molecule has 3 fully saturated rings. The summed E-state index contributed by atoms with van der Waals surface area (Å²) in [5.41, 5.74) is 1.54. The summed E-state index contributed by atoms with van der Waals surface area (Å²) < 4.78 is 0. The number of carbonyl (C=O) groups excluding carboxylic acids is 7. The Balaban J connectivity index is 1.41. The Labute approximate surface area is 364 Å². The maximum absolute atomic E-state index is 14.5. The van der Waals surface area contributed by atoms with Crippen molar-refractivity contribution in [2.75, 3.05) is 19.7 Å². The zero-order valence-electron chi connectivity index (χ0n) is 35.2. The molecule has 18 heteroatoms. The third-order valence-corrected chi connectivity index (χ3v) is 11.7. The number of nitrogens with zero attached hydrogens (tertiary/aromatic N) is 2. The first-order valence-corrected chi connectivity index (χ1v) is 21.2. The van der Waals surface area contributed by atoms with Crippen LogP contribution in [0.5, 0.6) is 17.2 Å². The van der Waals surface area contributed by atoms with Gasteiger partial charge in [-0.25, -0.2) is 0 Å². The van der Waals surface area contributed by atoms with Crippen LogP contribution < -0.4 is 26.6 Å². The summed E-state index contributed by atoms with van der Waals surface area (Å²) in [7, 11) is 0. The Morgan fingerprint density at radius 1 is 0.492 bits per heavy atom. The Morgan fingerprint density at radius 3 is 1.19 bits per heavy atom. The number of benzene rings is 3. The summed E-state index contributed by atoms with van der Waals surface area (Å²) in [6.45, 7) is 2.93. The second-order valence-electron chi connectivity index (χ2n) is 16.6. The van der Waals surface area contributed by atoms with Crippen LogP contribution >= 0.6 is 0 Å². The third kappa shape index (κ3) is 11.4. The van der Waals surface area contributed by atoms with E-state index < -0.39 is 96.2 Å². The van der Waals surface area contributed by atoms with Crippen molar-refractivity contribution < 1.29 is 54.0 Å². The lowest BCUT2D eigenvalue weighted by Crippen LogP contribution is -2.60. The van der Waals surface area contributed by atoms with E-state index >= 15 is 0 Å². The molecule has 3 aliphatic heterocycles. The molecule has 3 aliphatic rings. The van der Waals surface area contributed by atoms with Crippen molar-refractivity contribution in [3.05, 3.63) is 89.5 Å². The van der Waals surface area contributed by atoms with Crippen LogP contribution in [0.1, 0.15) is 56.2 Å². The number of aromatic hydroxyl groups is 3. The van der Waals surface area contributed by atoms with E-state index in [0.717, 1.165) is 0 Å². The largest absolute Gasteiger partial charge is 0.508 e. The van der Waals surface area contributed by atoms with E-state index in [2.05, 4.69) is 26.6 Å². The minimum atomic E-state index is -1.54. The Hall–Kier alpha value is -6.69. The van der Waals surface area contributed by atoms with Crippen LogP contribution in [-0.4, -0.2) is 134 Å². The minimum absolute atomic E-state index is 0.0297. The highest BCUT2D eigenvalue weighted by atomic mass is 16.3. The molecular formula is C45H55N7O11. The van der Waals surface area contributed by atoms with Gasteiger partial charge in [0.1, 0.15) is 59.5 Å². The Kier molecular flexibility index (Phi) is 14.9. The van der Waals surface area contributed by atoms with E-state index in [-0.39, 0.29) is 62.4 Å². The van der Waals surface area contributed by atoms with Gasteiger partial charge in [-0.2, -0.15) is 0 Å². The third-order valence-electron chi connectivity index (χ3n) is 11.7. The molecular weight excluding hydrogens is 815 g/mol. The van der Waals surface area contributed by atoms with Crippen molar-refractivity contribution in [1.29, 1.82) is 0 Å². The van der Waals surface area contributed by atoms with Crippen molar-refractivity contribution in [1.82, 2.24) is 36.4 Å². The van der Waals surface area contributed by atoms with Gasteiger partial charge < -0.3 is 56.8 Å². The second kappa shape index (κ2) is 20.5. The van der Waals surface area contributed by atoms with Crippen LogP contribution in [0.2, 0.25) is 0 Å². The smallest absolute Gasteiger partial charge is 0.248 e. The molecule has 3 saturated heterocycles. The standard InChI is InChI=1S/C45H55N7O11/c1-25(2)38-45(63)52-20-4-5-36(52)42(60)48-34(23-28-11-17-31(56)18-12-28)40(58)46-32(21-26-7-13-29(54)14-8-26)39(57)47-33(22-27-9-15-30(55)16-10-27)41(59)49-35(24-53)44(62)51-19-3-6-37(51)43(61)50-38/h7-18,25,32-38,53-56H,3-6,19-24H2,1-2H3,(H,46,58)(H,47,57)(H,48,60)(H,49,59)(H,50,61)/t32-,33-,34-,35-,36-,37-,38-/m0/s1. The van der Waals surface area contributed by atoms with Gasteiger partial charge in [-0.3, -0.25) is 33.6 Å². The zero-order chi connectivity index (χ0) is 45.4. The molecule has 3 aromatic carbocycles. The monoisotopic (exact) mass is 869 g/mol. The molecule has 0 saturated carbocycles. The molecule has 0 unspecified atom stereocenters. The van der Waals surface area contributed by atoms with Crippen LogP contribution in [0.3, 0.4) is 0 Å². The average Bonchev–Trinajstić information content (AvgIpc) is 3.97. The van der Waals surface area contributed by atoms with Crippen LogP contribution in [0.25, 0.3) is 0 Å². The fraction of sp³-hybridized carbons (Fsp3) is 0.444. The van der Waals surface area contributed by atoms with Crippen LogP contribution in [-0.2, 0) is 52.8 Å². The molecule has 0 radical (unpaired) electrons. The van der Waals surface area contributed by atoms with Gasteiger partial charge in [-0.05, 0) is 84.7 Å². The quantitative estimate of drug-likeness (QED) is 0.144. The summed E-state index contributed by atoms with van der Waals surface area (Å²) >= 11 is 0. The zero-order valence-corrected chi connectivity index (χ0v) is 35.2. The highest BCUT2D eigenvalue weighted by Gasteiger charge is 2.43. The van der Waals surface area contributed by atoms with Gasteiger partial charge in [0, 0.05) is 32.4 Å². The fourth-order valence-electron chi connectivity index (χ4n) is 8.25. The second-order valence-corrected chi connectivity index (χ2v) is 16.6. The van der Waals surface area contributed by atoms with Crippen LogP contribution in [0.15, 0.2) is 72.8 Å². The molecule has 63 heavy (non-hydrogen) atoms. The summed E-state index contributed by atoms with van der Waals surface area (Å²) in [4.78, 5) is 102. The van der Waals surface area contributed by atoms with Gasteiger partial charge in [0.25, 0.3) is 0 Å². The van der Waals surface area contributed by atoms with Gasteiger partial charge in [0.15, 0.2) is 0 Å². The predicted molar refractivity (Wildman–Crippen MR) is 226 cm³/mol.